The summed E-state index contributed by atoms with van der Waals surface area (Å²) in [7, 11) is 0. The number of carbonyl (C=O) groups excluding carboxylic acids is 1. The summed E-state index contributed by atoms with van der Waals surface area (Å²) >= 11 is 0. The van der Waals surface area contributed by atoms with Crippen molar-refractivity contribution in [2.24, 2.45) is 0 Å². The molecule has 2 aliphatic heterocycles. The van der Waals surface area contributed by atoms with Gasteiger partial charge in [0.15, 0.2) is 0 Å². The Bertz CT molecular complexity index is 208. The largest absolute Gasteiger partial charge is 0.377 e. The fourth-order valence-electron chi connectivity index (χ4n) is 1.71. The number of hydrogen-bond donors (Lipinski definition) is 1. The highest BCUT2D eigenvalue weighted by Gasteiger charge is 2.50. The molecule has 2 heterocycles. The molecule has 0 aromatic heterocycles. The molecular formula is C10H22N2O2. The lowest BCUT2D eigenvalue weighted by Crippen LogP contribution is -2.60. The van der Waals surface area contributed by atoms with Gasteiger partial charge in [0.25, 0.3) is 0 Å². The minimum absolute atomic E-state index is 0. The molecule has 0 radical (unpaired) electrons. The van der Waals surface area contributed by atoms with E-state index in [-0.39, 0.29) is 12.9 Å². The summed E-state index contributed by atoms with van der Waals surface area (Å²) in [5.41, 5.74) is 2.82. The third-order valence-electron chi connectivity index (χ3n) is 2.38. The Hall–Kier alpha value is -0.610. The molecule has 0 bridgehead atoms. The number of nitrogens with zero attached hydrogens (tertiary/aromatic N) is 1. The lowest BCUT2D eigenvalue weighted by Gasteiger charge is -2.42. The van der Waals surface area contributed by atoms with Crippen LogP contribution < -0.4 is 5.43 Å². The van der Waals surface area contributed by atoms with E-state index in [0.29, 0.717) is 19.6 Å². The van der Waals surface area contributed by atoms with Crippen LogP contribution in [0.4, 0.5) is 0 Å². The molecule has 2 fully saturated rings. The first-order valence-electron chi connectivity index (χ1n) is 5.33. The zero-order valence-corrected chi connectivity index (χ0v) is 9.30. The fourth-order valence-corrected chi connectivity index (χ4v) is 1.71. The molecule has 84 valence electrons. The summed E-state index contributed by atoms with van der Waals surface area (Å²) < 4.78 is 5.11. The highest BCUT2D eigenvalue weighted by molar-refractivity contribution is 5.79. The van der Waals surface area contributed by atoms with Crippen LogP contribution in [0, 0.1) is 0 Å². The Balaban J connectivity index is 0.000000443. The van der Waals surface area contributed by atoms with Gasteiger partial charge < -0.3 is 4.74 Å². The minimum atomic E-state index is 0. The van der Waals surface area contributed by atoms with Gasteiger partial charge in [-0.1, -0.05) is 27.2 Å². The van der Waals surface area contributed by atoms with Gasteiger partial charge in [-0.2, -0.15) is 0 Å². The van der Waals surface area contributed by atoms with Crippen LogP contribution in [-0.2, 0) is 9.53 Å². The number of ether oxygens (including phenoxy) is 1. The molecule has 0 aromatic rings. The van der Waals surface area contributed by atoms with Crippen molar-refractivity contribution in [3.63, 3.8) is 0 Å². The zero-order valence-electron chi connectivity index (χ0n) is 9.30. The molecule has 0 aromatic carbocycles. The summed E-state index contributed by atoms with van der Waals surface area (Å²) in [6.45, 7) is 8.53. The van der Waals surface area contributed by atoms with Gasteiger partial charge in [-0.3, -0.25) is 10.2 Å². The van der Waals surface area contributed by atoms with E-state index in [1.54, 1.807) is 0 Å². The standard InChI is InChI=1S/C7H12N2O2.C3H8.H2/c1-2-9-7(4-11-5-7)3-6(10)8-9;1-3-2;/h2-5H2,1H3,(H,8,10);3H2,1-2H3;1H. The van der Waals surface area contributed by atoms with Crippen molar-refractivity contribution in [2.75, 3.05) is 19.8 Å². The molecule has 1 spiro atoms. The van der Waals surface area contributed by atoms with Gasteiger partial charge in [-0.25, -0.2) is 5.01 Å². The zero-order chi connectivity index (χ0) is 10.6. The van der Waals surface area contributed by atoms with E-state index in [2.05, 4.69) is 19.3 Å². The van der Waals surface area contributed by atoms with E-state index < -0.39 is 0 Å². The molecule has 2 aliphatic rings. The Morgan fingerprint density at radius 2 is 2.07 bits per heavy atom. The van der Waals surface area contributed by atoms with Crippen LogP contribution in [0.5, 0.6) is 0 Å². The van der Waals surface area contributed by atoms with E-state index in [0.717, 1.165) is 6.54 Å². The Morgan fingerprint density at radius 1 is 1.50 bits per heavy atom. The molecule has 4 nitrogen and oxygen atoms in total. The van der Waals surface area contributed by atoms with Crippen LogP contribution in [0.2, 0.25) is 0 Å². The smallest absolute Gasteiger partial charge is 0.236 e. The van der Waals surface area contributed by atoms with Gasteiger partial charge in [0.05, 0.1) is 25.2 Å². The van der Waals surface area contributed by atoms with Crippen LogP contribution in [0.1, 0.15) is 35.0 Å². The minimum Gasteiger partial charge on any atom is -0.377 e. The number of hydrazine groups is 1. The summed E-state index contributed by atoms with van der Waals surface area (Å²) in [6.07, 6.45) is 1.85. The van der Waals surface area contributed by atoms with Crippen LogP contribution in [0.3, 0.4) is 0 Å². The van der Waals surface area contributed by atoms with Crippen LogP contribution in [0.15, 0.2) is 0 Å². The molecule has 0 saturated carbocycles. The molecule has 4 heteroatoms. The van der Waals surface area contributed by atoms with E-state index in [4.69, 9.17) is 4.74 Å². The maximum absolute atomic E-state index is 11.0. The third kappa shape index (κ3) is 2.07. The van der Waals surface area contributed by atoms with Crippen molar-refractivity contribution in [2.45, 2.75) is 39.2 Å². The number of carbonyl (C=O) groups is 1. The number of amides is 1. The SMILES string of the molecule is CCC.CCN1NC(=O)CC12COC2.[HH]. The normalized spacial score (nSPS) is 23.8. The lowest BCUT2D eigenvalue weighted by atomic mass is 9.94. The van der Waals surface area contributed by atoms with Crippen LogP contribution in [-0.4, -0.2) is 36.2 Å². The van der Waals surface area contributed by atoms with Crippen molar-refractivity contribution < 1.29 is 11.0 Å². The monoisotopic (exact) mass is 202 g/mol. The number of rotatable bonds is 1. The van der Waals surface area contributed by atoms with Crippen molar-refractivity contribution in [1.29, 1.82) is 0 Å². The quantitative estimate of drug-likeness (QED) is 0.694. The molecule has 0 atom stereocenters. The molecule has 0 unspecified atom stereocenters. The van der Waals surface area contributed by atoms with Crippen molar-refractivity contribution in [1.82, 2.24) is 10.4 Å². The summed E-state index contributed by atoms with van der Waals surface area (Å²) in [5, 5.41) is 1.98. The average Bonchev–Trinajstić information content (AvgIpc) is 2.43. The molecule has 1 N–H and O–H groups in total. The first-order chi connectivity index (χ1) is 6.68. The van der Waals surface area contributed by atoms with E-state index in [9.17, 15) is 4.79 Å². The second-order valence-electron chi connectivity index (χ2n) is 3.88. The van der Waals surface area contributed by atoms with Gasteiger partial charge in [0.2, 0.25) is 5.91 Å². The van der Waals surface area contributed by atoms with Crippen molar-refractivity contribution >= 4 is 5.91 Å². The van der Waals surface area contributed by atoms with Crippen molar-refractivity contribution in [3.8, 4) is 0 Å². The summed E-state index contributed by atoms with van der Waals surface area (Å²) in [6, 6.07) is 0. The second kappa shape index (κ2) is 4.75. The topological polar surface area (TPSA) is 41.6 Å². The number of nitrogens with one attached hydrogen (secondary N) is 1. The third-order valence-corrected chi connectivity index (χ3v) is 2.38. The predicted molar refractivity (Wildman–Crippen MR) is 56.8 cm³/mol. The number of likely N-dealkylation sites (N-methyl/N-ethyl adjacent to an activating group) is 1. The fraction of sp³-hybridized carbons (Fsp3) is 0.900. The van der Waals surface area contributed by atoms with Crippen LogP contribution >= 0.6 is 0 Å². The Labute approximate surface area is 87.1 Å². The van der Waals surface area contributed by atoms with Gasteiger partial charge in [-0.15, -0.1) is 0 Å². The summed E-state index contributed by atoms with van der Waals surface area (Å²) in [4.78, 5) is 11.0. The molecule has 2 rings (SSSR count). The average molecular weight is 202 g/mol. The lowest BCUT2D eigenvalue weighted by molar-refractivity contribution is -0.132. The molecule has 14 heavy (non-hydrogen) atoms. The molecule has 0 aliphatic carbocycles. The van der Waals surface area contributed by atoms with Crippen LogP contribution in [0.25, 0.3) is 0 Å². The van der Waals surface area contributed by atoms with Gasteiger partial charge in [-0.05, 0) is 0 Å². The van der Waals surface area contributed by atoms with Gasteiger partial charge in [0, 0.05) is 7.97 Å². The van der Waals surface area contributed by atoms with E-state index in [1.807, 2.05) is 11.9 Å². The highest BCUT2D eigenvalue weighted by Crippen LogP contribution is 2.30. The van der Waals surface area contributed by atoms with Crippen molar-refractivity contribution in [3.05, 3.63) is 0 Å². The maximum Gasteiger partial charge on any atom is 0.236 e. The number of hydrogen-bond acceptors (Lipinski definition) is 3. The second-order valence-corrected chi connectivity index (χ2v) is 3.88. The molecule has 2 saturated heterocycles. The predicted octanol–water partition coefficient (Wildman–Crippen LogP) is 1.17. The first-order valence-corrected chi connectivity index (χ1v) is 5.33. The highest BCUT2D eigenvalue weighted by atomic mass is 16.5. The van der Waals surface area contributed by atoms with Gasteiger partial charge >= 0.3 is 0 Å². The Kier molecular flexibility index (Phi) is 3.89. The molecule has 1 amide bonds. The first kappa shape index (κ1) is 11.5. The Morgan fingerprint density at radius 3 is 2.36 bits per heavy atom. The summed E-state index contributed by atoms with van der Waals surface area (Å²) in [5.74, 6) is 0.121. The van der Waals surface area contributed by atoms with E-state index in [1.165, 1.54) is 6.42 Å². The van der Waals surface area contributed by atoms with E-state index >= 15 is 0 Å². The maximum atomic E-state index is 11.0. The van der Waals surface area contributed by atoms with Gasteiger partial charge in [0.1, 0.15) is 0 Å². The molecular weight excluding hydrogens is 180 g/mol.